The molecule has 0 unspecified atom stereocenters. The number of nitrogens with zero attached hydrogens (tertiary/aromatic N) is 1. The minimum absolute atomic E-state index is 0.179. The summed E-state index contributed by atoms with van der Waals surface area (Å²) in [7, 11) is 0. The number of nitro groups is 1. The molecule has 0 amide bonds. The number of carboxylic acid groups (broad SMARTS) is 2. The quantitative estimate of drug-likeness (QED) is 0.435. The SMILES string of the molecule is O=C(O)c1ccc2ccc3ccc([N+](=O)[O-])cc3c2c1C(=O)O. The molecule has 7 heteroatoms. The summed E-state index contributed by atoms with van der Waals surface area (Å²) < 4.78 is 0. The first-order valence-electron chi connectivity index (χ1n) is 6.50. The van der Waals surface area contributed by atoms with Crippen molar-refractivity contribution in [3.8, 4) is 0 Å². The number of aromatic carboxylic acids is 2. The molecule has 0 aliphatic carbocycles. The second-order valence-corrected chi connectivity index (χ2v) is 4.92. The Morgan fingerprint density at radius 1 is 0.913 bits per heavy atom. The number of carbonyl (C=O) groups is 2. The van der Waals surface area contributed by atoms with E-state index in [-0.39, 0.29) is 22.2 Å². The molecule has 0 saturated heterocycles. The summed E-state index contributed by atoms with van der Waals surface area (Å²) in [5.74, 6) is -2.77. The fraction of sp³-hybridized carbons (Fsp3) is 0. The summed E-state index contributed by atoms with van der Waals surface area (Å²) in [5.41, 5.74) is -0.924. The maximum atomic E-state index is 11.6. The molecule has 3 aromatic rings. The molecule has 3 aromatic carbocycles. The molecular formula is C16H9NO6. The molecule has 7 nitrogen and oxygen atoms in total. The number of benzene rings is 3. The summed E-state index contributed by atoms with van der Waals surface area (Å²) in [5, 5.41) is 31.2. The van der Waals surface area contributed by atoms with Crippen molar-refractivity contribution in [2.24, 2.45) is 0 Å². The molecule has 23 heavy (non-hydrogen) atoms. The van der Waals surface area contributed by atoms with Gasteiger partial charge in [0.15, 0.2) is 0 Å². The van der Waals surface area contributed by atoms with Gasteiger partial charge in [0.2, 0.25) is 0 Å². The molecular weight excluding hydrogens is 302 g/mol. The second kappa shape index (κ2) is 5.06. The van der Waals surface area contributed by atoms with Crippen molar-refractivity contribution in [1.82, 2.24) is 0 Å². The highest BCUT2D eigenvalue weighted by atomic mass is 16.6. The van der Waals surface area contributed by atoms with Crippen molar-refractivity contribution in [2.75, 3.05) is 0 Å². The van der Waals surface area contributed by atoms with Crippen LogP contribution in [0.4, 0.5) is 5.69 Å². The molecule has 0 aliphatic rings. The van der Waals surface area contributed by atoms with Gasteiger partial charge in [-0.05, 0) is 28.3 Å². The topological polar surface area (TPSA) is 118 Å². The third-order valence-corrected chi connectivity index (χ3v) is 3.64. The van der Waals surface area contributed by atoms with E-state index in [9.17, 15) is 29.9 Å². The lowest BCUT2D eigenvalue weighted by molar-refractivity contribution is -0.384. The van der Waals surface area contributed by atoms with Crippen LogP contribution >= 0.6 is 0 Å². The van der Waals surface area contributed by atoms with Crippen LogP contribution < -0.4 is 0 Å². The van der Waals surface area contributed by atoms with Crippen LogP contribution in [0, 0.1) is 10.1 Å². The van der Waals surface area contributed by atoms with Gasteiger partial charge in [-0.2, -0.15) is 0 Å². The fourth-order valence-corrected chi connectivity index (χ4v) is 2.65. The number of nitro benzene ring substituents is 1. The van der Waals surface area contributed by atoms with E-state index >= 15 is 0 Å². The van der Waals surface area contributed by atoms with Crippen LogP contribution in [0.5, 0.6) is 0 Å². The van der Waals surface area contributed by atoms with Crippen LogP contribution in [-0.2, 0) is 0 Å². The normalized spacial score (nSPS) is 10.8. The van der Waals surface area contributed by atoms with E-state index in [0.717, 1.165) is 0 Å². The zero-order valence-electron chi connectivity index (χ0n) is 11.5. The zero-order valence-corrected chi connectivity index (χ0v) is 11.5. The van der Waals surface area contributed by atoms with Gasteiger partial charge in [0, 0.05) is 17.5 Å². The van der Waals surface area contributed by atoms with E-state index in [2.05, 4.69) is 0 Å². The third-order valence-electron chi connectivity index (χ3n) is 3.64. The van der Waals surface area contributed by atoms with Crippen LogP contribution in [0.2, 0.25) is 0 Å². The van der Waals surface area contributed by atoms with Gasteiger partial charge in [-0.15, -0.1) is 0 Å². The molecule has 0 spiro atoms. The Bertz CT molecular complexity index is 1010. The van der Waals surface area contributed by atoms with Crippen LogP contribution in [0.15, 0.2) is 42.5 Å². The van der Waals surface area contributed by atoms with Gasteiger partial charge in [0.25, 0.3) is 5.69 Å². The number of rotatable bonds is 3. The smallest absolute Gasteiger partial charge is 0.337 e. The molecule has 2 N–H and O–H groups in total. The minimum atomic E-state index is -1.40. The number of carboxylic acids is 2. The monoisotopic (exact) mass is 311 g/mol. The predicted molar refractivity (Wildman–Crippen MR) is 82.0 cm³/mol. The standard InChI is InChI=1S/C16H9NO6/c18-15(19)11-6-4-9-2-1-8-3-5-10(17(22)23)7-12(8)13(9)14(11)16(20)21/h1-7H,(H,18,19)(H,20,21). The number of fused-ring (bicyclic) bond motifs is 3. The van der Waals surface area contributed by atoms with E-state index in [0.29, 0.717) is 16.2 Å². The van der Waals surface area contributed by atoms with Crippen molar-refractivity contribution in [3.63, 3.8) is 0 Å². The van der Waals surface area contributed by atoms with E-state index in [1.165, 1.54) is 30.3 Å². The van der Waals surface area contributed by atoms with E-state index < -0.39 is 16.9 Å². The van der Waals surface area contributed by atoms with Crippen LogP contribution in [0.25, 0.3) is 21.5 Å². The minimum Gasteiger partial charge on any atom is -0.478 e. The van der Waals surface area contributed by atoms with Crippen molar-refractivity contribution in [2.45, 2.75) is 0 Å². The van der Waals surface area contributed by atoms with Gasteiger partial charge in [0.05, 0.1) is 16.1 Å². The Balaban J connectivity index is 2.57. The summed E-state index contributed by atoms with van der Waals surface area (Å²) in [6, 6.07) is 10.1. The number of hydrogen-bond donors (Lipinski definition) is 2. The lowest BCUT2D eigenvalue weighted by Gasteiger charge is -2.10. The first kappa shape index (κ1) is 14.5. The summed E-state index contributed by atoms with van der Waals surface area (Å²) in [4.78, 5) is 33.3. The number of hydrogen-bond acceptors (Lipinski definition) is 4. The van der Waals surface area contributed by atoms with Gasteiger partial charge in [-0.25, -0.2) is 9.59 Å². The lowest BCUT2D eigenvalue weighted by Crippen LogP contribution is -2.09. The molecule has 0 saturated carbocycles. The fourth-order valence-electron chi connectivity index (χ4n) is 2.65. The first-order chi connectivity index (χ1) is 10.9. The largest absolute Gasteiger partial charge is 0.478 e. The van der Waals surface area contributed by atoms with Gasteiger partial charge in [-0.1, -0.05) is 18.2 Å². The molecule has 0 aliphatic heterocycles. The highest BCUT2D eigenvalue weighted by molar-refractivity contribution is 6.20. The average molecular weight is 311 g/mol. The average Bonchev–Trinajstić information content (AvgIpc) is 2.52. The Labute approximate surface area is 128 Å². The Morgan fingerprint density at radius 2 is 1.52 bits per heavy atom. The van der Waals surface area contributed by atoms with Crippen LogP contribution in [0.3, 0.4) is 0 Å². The second-order valence-electron chi connectivity index (χ2n) is 4.92. The summed E-state index contributed by atoms with van der Waals surface area (Å²) in [6.45, 7) is 0. The Morgan fingerprint density at radius 3 is 2.13 bits per heavy atom. The maximum absolute atomic E-state index is 11.6. The van der Waals surface area contributed by atoms with Crippen molar-refractivity contribution >= 4 is 39.2 Å². The summed E-state index contributed by atoms with van der Waals surface area (Å²) >= 11 is 0. The summed E-state index contributed by atoms with van der Waals surface area (Å²) in [6.07, 6.45) is 0. The Kier molecular flexibility index (Phi) is 3.18. The maximum Gasteiger partial charge on any atom is 0.337 e. The molecule has 0 bridgehead atoms. The molecule has 0 fully saturated rings. The highest BCUT2D eigenvalue weighted by Crippen LogP contribution is 2.32. The van der Waals surface area contributed by atoms with Gasteiger partial charge >= 0.3 is 11.9 Å². The number of non-ortho nitro benzene ring substituents is 1. The third kappa shape index (κ3) is 2.24. The molecule has 3 rings (SSSR count). The van der Waals surface area contributed by atoms with Crippen LogP contribution in [-0.4, -0.2) is 27.1 Å². The molecule has 0 radical (unpaired) electrons. The van der Waals surface area contributed by atoms with Crippen molar-refractivity contribution in [3.05, 3.63) is 63.7 Å². The van der Waals surface area contributed by atoms with Gasteiger partial charge < -0.3 is 10.2 Å². The van der Waals surface area contributed by atoms with Gasteiger partial charge in [-0.3, -0.25) is 10.1 Å². The molecule has 0 aromatic heterocycles. The Hall–Kier alpha value is -3.48. The van der Waals surface area contributed by atoms with E-state index in [4.69, 9.17) is 0 Å². The van der Waals surface area contributed by atoms with Crippen molar-refractivity contribution < 1.29 is 24.7 Å². The van der Waals surface area contributed by atoms with E-state index in [1.807, 2.05) is 0 Å². The van der Waals surface area contributed by atoms with Crippen LogP contribution in [0.1, 0.15) is 20.7 Å². The van der Waals surface area contributed by atoms with E-state index in [1.54, 1.807) is 12.1 Å². The van der Waals surface area contributed by atoms with Crippen molar-refractivity contribution in [1.29, 1.82) is 0 Å². The van der Waals surface area contributed by atoms with Gasteiger partial charge in [0.1, 0.15) is 0 Å². The zero-order chi connectivity index (χ0) is 16.7. The first-order valence-corrected chi connectivity index (χ1v) is 6.50. The lowest BCUT2D eigenvalue weighted by atomic mass is 9.94. The predicted octanol–water partition coefficient (Wildman–Crippen LogP) is 3.30. The molecule has 0 atom stereocenters. The molecule has 0 heterocycles. The molecule has 114 valence electrons. The highest BCUT2D eigenvalue weighted by Gasteiger charge is 2.21.